The Morgan fingerprint density at radius 2 is 2.06 bits per heavy atom. The number of benzene rings is 1. The molecule has 0 saturated heterocycles. The van der Waals surface area contributed by atoms with Crippen LogP contribution in [0.25, 0.3) is 0 Å². The summed E-state index contributed by atoms with van der Waals surface area (Å²) in [5.74, 6) is -1.45. The van der Waals surface area contributed by atoms with Gasteiger partial charge in [0.05, 0.1) is 5.92 Å². The summed E-state index contributed by atoms with van der Waals surface area (Å²) < 4.78 is 0.799. The van der Waals surface area contributed by atoms with Gasteiger partial charge in [-0.3, -0.25) is 4.79 Å². The van der Waals surface area contributed by atoms with E-state index in [9.17, 15) is 9.90 Å². The molecule has 1 aromatic rings. The Bertz CT molecular complexity index is 365. The molecular formula is C12H15BrO3. The van der Waals surface area contributed by atoms with Crippen molar-refractivity contribution in [2.45, 2.75) is 19.3 Å². The van der Waals surface area contributed by atoms with E-state index in [4.69, 9.17) is 5.11 Å². The Labute approximate surface area is 103 Å². The molecule has 2 N–H and O–H groups in total. The van der Waals surface area contributed by atoms with Gasteiger partial charge in [0.1, 0.15) is 0 Å². The van der Waals surface area contributed by atoms with Crippen molar-refractivity contribution < 1.29 is 15.0 Å². The predicted octanol–water partition coefficient (Wildman–Crippen LogP) is 2.64. The lowest BCUT2D eigenvalue weighted by molar-refractivity contribution is -0.139. The molecule has 1 rings (SSSR count). The second-order valence-electron chi connectivity index (χ2n) is 3.94. The number of hydrogen-bond donors (Lipinski definition) is 2. The van der Waals surface area contributed by atoms with E-state index in [0.29, 0.717) is 6.42 Å². The molecule has 3 nitrogen and oxygen atoms in total. The van der Waals surface area contributed by atoms with E-state index in [1.807, 2.05) is 25.1 Å². The second-order valence-corrected chi connectivity index (χ2v) is 4.79. The fourth-order valence-corrected chi connectivity index (χ4v) is 2.16. The molecule has 0 aliphatic heterocycles. The molecule has 0 bridgehead atoms. The first-order valence-corrected chi connectivity index (χ1v) is 5.93. The van der Waals surface area contributed by atoms with Crippen molar-refractivity contribution in [2.75, 3.05) is 6.61 Å². The van der Waals surface area contributed by atoms with Gasteiger partial charge in [-0.2, -0.15) is 0 Å². The fraction of sp³-hybridized carbons (Fsp3) is 0.417. The third-order valence-electron chi connectivity index (χ3n) is 2.53. The Morgan fingerprint density at radius 1 is 1.44 bits per heavy atom. The SMILES string of the molecule is CC(CO)CC(C(=O)O)c1ccccc1Br. The number of aliphatic carboxylic acids is 1. The van der Waals surface area contributed by atoms with Crippen molar-refractivity contribution >= 4 is 21.9 Å². The predicted molar refractivity (Wildman–Crippen MR) is 65.4 cm³/mol. The molecule has 4 heteroatoms. The molecule has 1 aromatic carbocycles. The standard InChI is InChI=1S/C12H15BrO3/c1-8(7-14)6-10(12(15)16)9-4-2-3-5-11(9)13/h2-5,8,10,14H,6-7H2,1H3,(H,15,16). The molecule has 0 spiro atoms. The Balaban J connectivity index is 2.94. The number of rotatable bonds is 5. The number of carboxylic acids is 1. The maximum absolute atomic E-state index is 11.2. The van der Waals surface area contributed by atoms with Gasteiger partial charge in [0, 0.05) is 11.1 Å². The van der Waals surface area contributed by atoms with Crippen LogP contribution in [0.15, 0.2) is 28.7 Å². The molecule has 0 aliphatic rings. The Kier molecular flexibility index (Phi) is 4.96. The zero-order chi connectivity index (χ0) is 12.1. The van der Waals surface area contributed by atoms with E-state index < -0.39 is 11.9 Å². The lowest BCUT2D eigenvalue weighted by atomic mass is 9.90. The zero-order valence-electron chi connectivity index (χ0n) is 9.06. The third-order valence-corrected chi connectivity index (χ3v) is 3.25. The van der Waals surface area contributed by atoms with Gasteiger partial charge in [-0.15, -0.1) is 0 Å². The molecule has 0 aromatic heterocycles. The number of carbonyl (C=O) groups is 1. The van der Waals surface area contributed by atoms with E-state index in [1.165, 1.54) is 0 Å². The van der Waals surface area contributed by atoms with Crippen molar-refractivity contribution in [1.82, 2.24) is 0 Å². The van der Waals surface area contributed by atoms with Crippen molar-refractivity contribution in [2.24, 2.45) is 5.92 Å². The minimum atomic E-state index is -0.854. The van der Waals surface area contributed by atoms with Gasteiger partial charge in [0.2, 0.25) is 0 Å². The summed E-state index contributed by atoms with van der Waals surface area (Å²) in [6.07, 6.45) is 0.439. The second kappa shape index (κ2) is 6.01. The molecule has 2 atom stereocenters. The number of hydrogen-bond acceptors (Lipinski definition) is 2. The van der Waals surface area contributed by atoms with Crippen LogP contribution in [0.2, 0.25) is 0 Å². The first-order chi connectivity index (χ1) is 7.56. The summed E-state index contributed by atoms with van der Waals surface area (Å²) in [5.41, 5.74) is 0.760. The third kappa shape index (κ3) is 3.32. The Morgan fingerprint density at radius 3 is 2.56 bits per heavy atom. The van der Waals surface area contributed by atoms with Crippen LogP contribution in [0.5, 0.6) is 0 Å². The van der Waals surface area contributed by atoms with E-state index in [1.54, 1.807) is 6.07 Å². The summed E-state index contributed by atoms with van der Waals surface area (Å²) in [7, 11) is 0. The highest BCUT2D eigenvalue weighted by Gasteiger charge is 2.23. The summed E-state index contributed by atoms with van der Waals surface area (Å²) in [6, 6.07) is 7.30. The van der Waals surface area contributed by atoms with Crippen LogP contribution in [-0.4, -0.2) is 22.8 Å². The van der Waals surface area contributed by atoms with Crippen molar-refractivity contribution in [3.8, 4) is 0 Å². The molecule has 16 heavy (non-hydrogen) atoms. The summed E-state index contributed by atoms with van der Waals surface area (Å²) in [5, 5.41) is 18.2. The van der Waals surface area contributed by atoms with E-state index >= 15 is 0 Å². The van der Waals surface area contributed by atoms with Crippen molar-refractivity contribution in [3.05, 3.63) is 34.3 Å². The zero-order valence-corrected chi connectivity index (χ0v) is 10.6. The molecule has 0 aliphatic carbocycles. The first kappa shape index (κ1) is 13.2. The largest absolute Gasteiger partial charge is 0.481 e. The van der Waals surface area contributed by atoms with Crippen LogP contribution in [0.4, 0.5) is 0 Å². The highest BCUT2D eigenvalue weighted by molar-refractivity contribution is 9.10. The minimum absolute atomic E-state index is 0.00817. The van der Waals surface area contributed by atoms with Gasteiger partial charge >= 0.3 is 5.97 Å². The minimum Gasteiger partial charge on any atom is -0.481 e. The van der Waals surface area contributed by atoms with Gasteiger partial charge in [-0.1, -0.05) is 41.1 Å². The van der Waals surface area contributed by atoms with Crippen LogP contribution in [0.3, 0.4) is 0 Å². The van der Waals surface area contributed by atoms with Crippen LogP contribution in [-0.2, 0) is 4.79 Å². The average molecular weight is 287 g/mol. The van der Waals surface area contributed by atoms with Crippen molar-refractivity contribution in [3.63, 3.8) is 0 Å². The molecule has 0 amide bonds. The molecule has 88 valence electrons. The number of carboxylic acid groups (broad SMARTS) is 1. The normalized spacial score (nSPS) is 14.4. The molecule has 2 unspecified atom stereocenters. The average Bonchev–Trinajstić information content (AvgIpc) is 2.26. The van der Waals surface area contributed by atoms with Crippen molar-refractivity contribution in [1.29, 1.82) is 0 Å². The summed E-state index contributed by atoms with van der Waals surface area (Å²) in [6.45, 7) is 1.85. The first-order valence-electron chi connectivity index (χ1n) is 5.14. The van der Waals surface area contributed by atoms with E-state index in [0.717, 1.165) is 10.0 Å². The summed E-state index contributed by atoms with van der Waals surface area (Å²) >= 11 is 3.35. The van der Waals surface area contributed by atoms with Crippen LogP contribution in [0.1, 0.15) is 24.8 Å². The summed E-state index contributed by atoms with van der Waals surface area (Å²) in [4.78, 5) is 11.2. The molecule has 0 fully saturated rings. The number of aliphatic hydroxyl groups is 1. The number of aliphatic hydroxyl groups excluding tert-OH is 1. The van der Waals surface area contributed by atoms with Gasteiger partial charge in [0.25, 0.3) is 0 Å². The molecular weight excluding hydrogens is 272 g/mol. The van der Waals surface area contributed by atoms with Crippen LogP contribution >= 0.6 is 15.9 Å². The fourth-order valence-electron chi connectivity index (χ4n) is 1.60. The monoisotopic (exact) mass is 286 g/mol. The van der Waals surface area contributed by atoms with E-state index in [2.05, 4.69) is 15.9 Å². The van der Waals surface area contributed by atoms with Gasteiger partial charge in [-0.05, 0) is 24.0 Å². The molecule has 0 heterocycles. The lowest BCUT2D eigenvalue weighted by Gasteiger charge is -2.17. The van der Waals surface area contributed by atoms with Gasteiger partial charge in [-0.25, -0.2) is 0 Å². The van der Waals surface area contributed by atoms with Gasteiger partial charge in [0.15, 0.2) is 0 Å². The highest BCUT2D eigenvalue weighted by atomic mass is 79.9. The lowest BCUT2D eigenvalue weighted by Crippen LogP contribution is -2.17. The van der Waals surface area contributed by atoms with Gasteiger partial charge < -0.3 is 10.2 Å². The quantitative estimate of drug-likeness (QED) is 0.875. The Hall–Kier alpha value is -0.870. The smallest absolute Gasteiger partial charge is 0.311 e. The molecule has 0 radical (unpaired) electrons. The topological polar surface area (TPSA) is 57.5 Å². The maximum Gasteiger partial charge on any atom is 0.311 e. The van der Waals surface area contributed by atoms with Crippen LogP contribution in [0, 0.1) is 5.92 Å². The molecule has 0 saturated carbocycles. The number of halogens is 1. The van der Waals surface area contributed by atoms with Crippen LogP contribution < -0.4 is 0 Å². The maximum atomic E-state index is 11.2. The highest BCUT2D eigenvalue weighted by Crippen LogP contribution is 2.29. The van der Waals surface area contributed by atoms with E-state index in [-0.39, 0.29) is 12.5 Å².